The van der Waals surface area contributed by atoms with E-state index in [-0.39, 0.29) is 11.2 Å². The summed E-state index contributed by atoms with van der Waals surface area (Å²) in [6, 6.07) is 5.51. The summed E-state index contributed by atoms with van der Waals surface area (Å²) in [4.78, 5) is 0. The van der Waals surface area contributed by atoms with Gasteiger partial charge in [-0.1, -0.05) is 12.1 Å². The Balaban J connectivity index is 2.25. The average molecular weight is 328 g/mol. The van der Waals surface area contributed by atoms with E-state index in [9.17, 15) is 17.6 Å². The molecule has 2 N–H and O–H groups in total. The van der Waals surface area contributed by atoms with Crippen LogP contribution >= 0.6 is 12.2 Å². The molecule has 2 aromatic carbocycles. The van der Waals surface area contributed by atoms with Gasteiger partial charge in [-0.2, -0.15) is 0 Å². The predicted octanol–water partition coefficient (Wildman–Crippen LogP) is 4.67. The molecule has 0 unspecified atom stereocenters. The summed E-state index contributed by atoms with van der Waals surface area (Å²) in [5.74, 6) is -6.08. The van der Waals surface area contributed by atoms with Crippen LogP contribution in [0.1, 0.15) is 11.1 Å². The Bertz CT molecular complexity index is 721. The van der Waals surface area contributed by atoms with Crippen molar-refractivity contribution in [2.75, 3.05) is 10.6 Å². The van der Waals surface area contributed by atoms with Crippen molar-refractivity contribution in [3.63, 3.8) is 0 Å². The van der Waals surface area contributed by atoms with Crippen LogP contribution in [0.3, 0.4) is 0 Å². The van der Waals surface area contributed by atoms with Gasteiger partial charge in [-0.05, 0) is 43.3 Å². The molecule has 2 aromatic rings. The Labute approximate surface area is 130 Å². The number of halogens is 4. The fourth-order valence-corrected chi connectivity index (χ4v) is 2.05. The Morgan fingerprint density at radius 1 is 0.955 bits per heavy atom. The highest BCUT2D eigenvalue weighted by atomic mass is 32.1. The van der Waals surface area contributed by atoms with Gasteiger partial charge in [0.25, 0.3) is 0 Å². The van der Waals surface area contributed by atoms with Crippen LogP contribution in [0, 0.1) is 37.1 Å². The Morgan fingerprint density at radius 3 is 2.14 bits per heavy atom. The van der Waals surface area contributed by atoms with Crippen LogP contribution in [0.15, 0.2) is 24.3 Å². The zero-order valence-corrected chi connectivity index (χ0v) is 12.5. The molecule has 0 spiro atoms. The van der Waals surface area contributed by atoms with Gasteiger partial charge in [-0.15, -0.1) is 0 Å². The molecule has 0 aliphatic rings. The van der Waals surface area contributed by atoms with Crippen molar-refractivity contribution < 1.29 is 17.6 Å². The first kappa shape index (κ1) is 16.2. The normalized spacial score (nSPS) is 10.5. The quantitative estimate of drug-likeness (QED) is 0.476. The summed E-state index contributed by atoms with van der Waals surface area (Å²) < 4.78 is 53.4. The van der Waals surface area contributed by atoms with Crippen LogP contribution in [0.2, 0.25) is 0 Å². The third kappa shape index (κ3) is 3.19. The zero-order valence-electron chi connectivity index (χ0n) is 11.7. The maximum Gasteiger partial charge on any atom is 0.185 e. The molecule has 22 heavy (non-hydrogen) atoms. The second-order valence-electron chi connectivity index (χ2n) is 4.67. The molecule has 0 atom stereocenters. The molecule has 116 valence electrons. The molecule has 2 nitrogen and oxygen atoms in total. The van der Waals surface area contributed by atoms with E-state index in [1.807, 2.05) is 19.9 Å². The summed E-state index contributed by atoms with van der Waals surface area (Å²) in [7, 11) is 0. The first-order chi connectivity index (χ1) is 10.3. The second-order valence-corrected chi connectivity index (χ2v) is 5.08. The van der Waals surface area contributed by atoms with Crippen LogP contribution in [0.5, 0.6) is 0 Å². The lowest BCUT2D eigenvalue weighted by molar-refractivity contribution is 0.459. The molecule has 0 heterocycles. The average Bonchev–Trinajstić information content (AvgIpc) is 2.46. The van der Waals surface area contributed by atoms with E-state index >= 15 is 0 Å². The molecule has 2 rings (SSSR count). The summed E-state index contributed by atoms with van der Waals surface area (Å²) >= 11 is 4.93. The van der Waals surface area contributed by atoms with E-state index in [0.717, 1.165) is 11.1 Å². The molecular weight excluding hydrogens is 316 g/mol. The number of hydrogen-bond acceptors (Lipinski definition) is 1. The minimum absolute atomic E-state index is 0.136. The third-order valence-electron chi connectivity index (χ3n) is 3.20. The molecule has 0 saturated carbocycles. The minimum atomic E-state index is -1.54. The first-order valence-electron chi connectivity index (χ1n) is 6.28. The number of nitrogens with one attached hydrogen (secondary N) is 2. The Morgan fingerprint density at radius 2 is 1.55 bits per heavy atom. The fraction of sp³-hybridized carbons (Fsp3) is 0.133. The number of anilines is 2. The van der Waals surface area contributed by atoms with E-state index in [4.69, 9.17) is 12.2 Å². The Kier molecular flexibility index (Phi) is 4.65. The van der Waals surface area contributed by atoms with Crippen LogP contribution in [-0.2, 0) is 0 Å². The van der Waals surface area contributed by atoms with Crippen molar-refractivity contribution >= 4 is 28.7 Å². The van der Waals surface area contributed by atoms with Crippen LogP contribution in [0.4, 0.5) is 28.9 Å². The number of benzene rings is 2. The standard InChI is InChI=1S/C15H12F4N2S/c1-7-4-3-5-11(8(7)2)20-15(22)21-14-12(18)9(16)6-10(17)13(14)19/h3-6H,1-2H3,(H2,20,21,22). The van der Waals surface area contributed by atoms with Gasteiger partial charge >= 0.3 is 0 Å². The van der Waals surface area contributed by atoms with Gasteiger partial charge < -0.3 is 10.6 Å². The van der Waals surface area contributed by atoms with Gasteiger partial charge in [0, 0.05) is 11.8 Å². The van der Waals surface area contributed by atoms with Gasteiger partial charge in [0.15, 0.2) is 28.4 Å². The van der Waals surface area contributed by atoms with Crippen molar-refractivity contribution in [2.45, 2.75) is 13.8 Å². The van der Waals surface area contributed by atoms with E-state index in [2.05, 4.69) is 10.6 Å². The van der Waals surface area contributed by atoms with Crippen molar-refractivity contribution in [2.24, 2.45) is 0 Å². The highest BCUT2D eigenvalue weighted by Crippen LogP contribution is 2.25. The van der Waals surface area contributed by atoms with Crippen LogP contribution in [-0.4, -0.2) is 5.11 Å². The summed E-state index contributed by atoms with van der Waals surface area (Å²) in [5.41, 5.74) is 1.52. The number of hydrogen-bond donors (Lipinski definition) is 2. The molecule has 0 aliphatic heterocycles. The van der Waals surface area contributed by atoms with Gasteiger partial charge in [0.2, 0.25) is 0 Å². The predicted molar refractivity (Wildman–Crippen MR) is 82.0 cm³/mol. The van der Waals surface area contributed by atoms with E-state index in [1.165, 1.54) is 0 Å². The molecule has 0 aliphatic carbocycles. The van der Waals surface area contributed by atoms with Gasteiger partial charge in [0.1, 0.15) is 5.69 Å². The molecule has 0 bridgehead atoms. The van der Waals surface area contributed by atoms with Gasteiger partial charge in [-0.25, -0.2) is 17.6 Å². The highest BCUT2D eigenvalue weighted by Gasteiger charge is 2.20. The van der Waals surface area contributed by atoms with E-state index in [0.29, 0.717) is 5.69 Å². The molecule has 0 amide bonds. The maximum absolute atomic E-state index is 13.6. The van der Waals surface area contributed by atoms with Crippen LogP contribution in [0.25, 0.3) is 0 Å². The topological polar surface area (TPSA) is 24.1 Å². The number of rotatable bonds is 2. The van der Waals surface area contributed by atoms with Crippen molar-refractivity contribution in [3.8, 4) is 0 Å². The lowest BCUT2D eigenvalue weighted by Crippen LogP contribution is -2.22. The molecule has 0 radical (unpaired) electrons. The number of aryl methyl sites for hydroxylation is 1. The maximum atomic E-state index is 13.6. The molecule has 0 saturated heterocycles. The highest BCUT2D eigenvalue weighted by molar-refractivity contribution is 7.80. The van der Waals surface area contributed by atoms with Crippen LogP contribution < -0.4 is 10.6 Å². The van der Waals surface area contributed by atoms with Gasteiger partial charge in [0.05, 0.1) is 0 Å². The van der Waals surface area contributed by atoms with E-state index < -0.39 is 29.0 Å². The molecular formula is C15H12F4N2S. The Hall–Kier alpha value is -2.15. The SMILES string of the molecule is Cc1cccc(NC(=S)Nc2c(F)c(F)cc(F)c2F)c1C. The molecule has 7 heteroatoms. The lowest BCUT2D eigenvalue weighted by atomic mass is 10.1. The van der Waals surface area contributed by atoms with E-state index in [1.54, 1.807) is 12.1 Å². The zero-order chi connectivity index (χ0) is 16.4. The second kappa shape index (κ2) is 6.31. The fourth-order valence-electron chi connectivity index (χ4n) is 1.84. The summed E-state index contributed by atoms with van der Waals surface area (Å²) in [6.45, 7) is 3.72. The third-order valence-corrected chi connectivity index (χ3v) is 3.41. The van der Waals surface area contributed by atoms with Crippen molar-refractivity contribution in [1.29, 1.82) is 0 Å². The lowest BCUT2D eigenvalue weighted by Gasteiger charge is -2.15. The minimum Gasteiger partial charge on any atom is -0.332 e. The summed E-state index contributed by atoms with van der Waals surface area (Å²) in [6.07, 6.45) is 0. The molecule has 0 aromatic heterocycles. The monoisotopic (exact) mass is 328 g/mol. The van der Waals surface area contributed by atoms with Gasteiger partial charge in [-0.3, -0.25) is 0 Å². The van der Waals surface area contributed by atoms with Crippen molar-refractivity contribution in [1.82, 2.24) is 0 Å². The molecule has 0 fully saturated rings. The smallest absolute Gasteiger partial charge is 0.185 e. The first-order valence-corrected chi connectivity index (χ1v) is 6.69. The van der Waals surface area contributed by atoms with Crippen molar-refractivity contribution in [3.05, 3.63) is 58.7 Å². The number of thiocarbonyl (C=S) groups is 1. The summed E-state index contributed by atoms with van der Waals surface area (Å²) in [5, 5.41) is 4.70. The largest absolute Gasteiger partial charge is 0.332 e.